The molecule has 3 N–H and O–H groups in total. The standard InChI is InChI=1S/C17H25NO3S/c1-3-9-17(19,10-4-2)11-8-15-6-5-7-16(14-15)22(20,21)13-12-18/h5-7,14,19H,3-4,9-10,12-13,18H2,1-2H3. The minimum absolute atomic E-state index is 0.0838. The Hall–Kier alpha value is -1.35. The highest BCUT2D eigenvalue weighted by Gasteiger charge is 2.21. The Morgan fingerprint density at radius 2 is 1.86 bits per heavy atom. The van der Waals surface area contributed by atoms with Gasteiger partial charge in [-0.1, -0.05) is 44.6 Å². The van der Waals surface area contributed by atoms with Crippen molar-refractivity contribution in [2.24, 2.45) is 5.73 Å². The van der Waals surface area contributed by atoms with Gasteiger partial charge in [-0.25, -0.2) is 8.42 Å². The Bertz CT molecular complexity index is 635. The van der Waals surface area contributed by atoms with E-state index in [2.05, 4.69) is 11.8 Å². The van der Waals surface area contributed by atoms with Crippen LogP contribution in [-0.4, -0.2) is 31.4 Å². The molecular weight excluding hydrogens is 298 g/mol. The fourth-order valence-electron chi connectivity index (χ4n) is 2.31. The van der Waals surface area contributed by atoms with Gasteiger partial charge in [0.1, 0.15) is 5.60 Å². The first kappa shape index (κ1) is 18.7. The molecule has 5 heteroatoms. The zero-order valence-electron chi connectivity index (χ0n) is 13.3. The molecule has 0 unspecified atom stereocenters. The van der Waals surface area contributed by atoms with Gasteiger partial charge < -0.3 is 10.8 Å². The molecule has 0 amide bonds. The van der Waals surface area contributed by atoms with Gasteiger partial charge in [0.25, 0.3) is 0 Å². The molecular formula is C17H25NO3S. The SMILES string of the molecule is CCCC(O)(C#Cc1cccc(S(=O)(=O)CCN)c1)CCC. The zero-order valence-corrected chi connectivity index (χ0v) is 14.1. The van der Waals surface area contributed by atoms with Crippen LogP contribution in [0.2, 0.25) is 0 Å². The van der Waals surface area contributed by atoms with Crippen molar-refractivity contribution in [1.82, 2.24) is 0 Å². The summed E-state index contributed by atoms with van der Waals surface area (Å²) in [6.07, 6.45) is 2.91. The van der Waals surface area contributed by atoms with Gasteiger partial charge >= 0.3 is 0 Å². The Morgan fingerprint density at radius 3 is 2.41 bits per heavy atom. The zero-order chi connectivity index (χ0) is 16.6. The number of hydrogen-bond donors (Lipinski definition) is 2. The average Bonchev–Trinajstić information content (AvgIpc) is 2.46. The summed E-state index contributed by atoms with van der Waals surface area (Å²) in [7, 11) is -3.36. The Labute approximate surface area is 133 Å². The van der Waals surface area contributed by atoms with Crippen LogP contribution in [0, 0.1) is 11.8 Å². The monoisotopic (exact) mass is 323 g/mol. The van der Waals surface area contributed by atoms with Crippen LogP contribution in [0.25, 0.3) is 0 Å². The second-order valence-electron chi connectivity index (χ2n) is 5.42. The lowest BCUT2D eigenvalue weighted by atomic mass is 9.93. The van der Waals surface area contributed by atoms with E-state index in [0.717, 1.165) is 12.8 Å². The van der Waals surface area contributed by atoms with E-state index in [9.17, 15) is 13.5 Å². The highest BCUT2D eigenvalue weighted by Crippen LogP contribution is 2.19. The maximum atomic E-state index is 12.0. The van der Waals surface area contributed by atoms with Crippen molar-refractivity contribution < 1.29 is 13.5 Å². The van der Waals surface area contributed by atoms with Crippen molar-refractivity contribution in [1.29, 1.82) is 0 Å². The molecule has 0 aromatic heterocycles. The van der Waals surface area contributed by atoms with Gasteiger partial charge in [0.05, 0.1) is 10.6 Å². The minimum Gasteiger partial charge on any atom is -0.378 e. The Morgan fingerprint density at radius 1 is 1.23 bits per heavy atom. The molecule has 0 heterocycles. The fraction of sp³-hybridized carbons (Fsp3) is 0.529. The topological polar surface area (TPSA) is 80.4 Å². The molecule has 0 aliphatic heterocycles. The van der Waals surface area contributed by atoms with Crippen LogP contribution in [0.15, 0.2) is 29.2 Å². The minimum atomic E-state index is -3.36. The lowest BCUT2D eigenvalue weighted by Gasteiger charge is -2.20. The molecule has 0 spiro atoms. The summed E-state index contributed by atoms with van der Waals surface area (Å²) in [6.45, 7) is 4.09. The number of rotatable bonds is 7. The van der Waals surface area contributed by atoms with Gasteiger partial charge in [-0.05, 0) is 31.0 Å². The molecule has 0 saturated heterocycles. The van der Waals surface area contributed by atoms with E-state index in [1.807, 2.05) is 13.8 Å². The van der Waals surface area contributed by atoms with Crippen molar-refractivity contribution >= 4 is 9.84 Å². The summed E-state index contributed by atoms with van der Waals surface area (Å²) in [5, 5.41) is 10.5. The number of hydrogen-bond acceptors (Lipinski definition) is 4. The van der Waals surface area contributed by atoms with Crippen molar-refractivity contribution in [3.8, 4) is 11.8 Å². The van der Waals surface area contributed by atoms with E-state index < -0.39 is 15.4 Å². The quantitative estimate of drug-likeness (QED) is 0.753. The molecule has 0 aliphatic rings. The lowest BCUT2D eigenvalue weighted by molar-refractivity contribution is 0.0807. The highest BCUT2D eigenvalue weighted by molar-refractivity contribution is 7.91. The van der Waals surface area contributed by atoms with Gasteiger partial charge in [-0.3, -0.25) is 0 Å². The van der Waals surface area contributed by atoms with Crippen molar-refractivity contribution in [3.63, 3.8) is 0 Å². The molecule has 0 aliphatic carbocycles. The van der Waals surface area contributed by atoms with Crippen LogP contribution in [0.4, 0.5) is 0 Å². The first-order valence-corrected chi connectivity index (χ1v) is 9.30. The van der Waals surface area contributed by atoms with Gasteiger partial charge in [0.15, 0.2) is 9.84 Å². The normalized spacial score (nSPS) is 11.8. The van der Waals surface area contributed by atoms with Gasteiger partial charge in [0, 0.05) is 12.1 Å². The number of aliphatic hydroxyl groups is 1. The molecule has 0 saturated carbocycles. The number of sulfone groups is 1. The number of nitrogens with two attached hydrogens (primary N) is 1. The average molecular weight is 323 g/mol. The molecule has 0 radical (unpaired) electrons. The third-order valence-corrected chi connectivity index (χ3v) is 5.09. The second-order valence-corrected chi connectivity index (χ2v) is 7.53. The van der Waals surface area contributed by atoms with Crippen molar-refractivity contribution in [3.05, 3.63) is 29.8 Å². The van der Waals surface area contributed by atoms with Crippen LogP contribution < -0.4 is 5.73 Å². The molecule has 0 fully saturated rings. The summed E-state index contributed by atoms with van der Waals surface area (Å²) in [6, 6.07) is 6.48. The molecule has 0 atom stereocenters. The van der Waals surface area contributed by atoms with Crippen LogP contribution in [0.5, 0.6) is 0 Å². The third-order valence-electron chi connectivity index (χ3n) is 3.35. The van der Waals surface area contributed by atoms with Crippen LogP contribution in [0.3, 0.4) is 0 Å². The van der Waals surface area contributed by atoms with E-state index in [-0.39, 0.29) is 17.2 Å². The Kier molecular flexibility index (Phi) is 7.08. The van der Waals surface area contributed by atoms with E-state index in [0.29, 0.717) is 18.4 Å². The third kappa shape index (κ3) is 5.45. The predicted octanol–water partition coefficient (Wildman–Crippen LogP) is 2.10. The first-order valence-electron chi connectivity index (χ1n) is 7.65. The van der Waals surface area contributed by atoms with E-state index in [1.165, 1.54) is 6.07 Å². The Balaban J connectivity index is 3.08. The maximum Gasteiger partial charge on any atom is 0.179 e. The number of benzene rings is 1. The molecule has 4 nitrogen and oxygen atoms in total. The molecule has 1 rings (SSSR count). The van der Waals surface area contributed by atoms with Crippen LogP contribution in [-0.2, 0) is 9.84 Å². The highest BCUT2D eigenvalue weighted by atomic mass is 32.2. The smallest absolute Gasteiger partial charge is 0.179 e. The predicted molar refractivity (Wildman–Crippen MR) is 89.2 cm³/mol. The van der Waals surface area contributed by atoms with E-state index in [4.69, 9.17) is 5.73 Å². The first-order chi connectivity index (χ1) is 10.4. The summed E-state index contributed by atoms with van der Waals surface area (Å²) >= 11 is 0. The fourth-order valence-corrected chi connectivity index (χ4v) is 3.44. The van der Waals surface area contributed by atoms with Crippen molar-refractivity contribution in [2.45, 2.75) is 50.0 Å². The summed E-state index contributed by atoms with van der Waals surface area (Å²) < 4.78 is 24.0. The molecule has 1 aromatic carbocycles. The molecule has 122 valence electrons. The summed E-state index contributed by atoms with van der Waals surface area (Å²) in [5.74, 6) is 5.74. The molecule has 0 bridgehead atoms. The molecule has 22 heavy (non-hydrogen) atoms. The second kappa shape index (κ2) is 8.33. The van der Waals surface area contributed by atoms with Crippen molar-refractivity contribution in [2.75, 3.05) is 12.3 Å². The largest absolute Gasteiger partial charge is 0.378 e. The summed E-state index contributed by atoms with van der Waals surface area (Å²) in [5.41, 5.74) is 4.91. The van der Waals surface area contributed by atoms with Gasteiger partial charge in [-0.2, -0.15) is 0 Å². The molecule has 1 aromatic rings. The van der Waals surface area contributed by atoms with Gasteiger partial charge in [-0.15, -0.1) is 0 Å². The van der Waals surface area contributed by atoms with Crippen LogP contribution >= 0.6 is 0 Å². The van der Waals surface area contributed by atoms with E-state index in [1.54, 1.807) is 18.2 Å². The lowest BCUT2D eigenvalue weighted by Crippen LogP contribution is -2.25. The van der Waals surface area contributed by atoms with Gasteiger partial charge in [0.2, 0.25) is 0 Å². The summed E-state index contributed by atoms with van der Waals surface area (Å²) in [4.78, 5) is 0.222. The maximum absolute atomic E-state index is 12.0. The van der Waals surface area contributed by atoms with E-state index >= 15 is 0 Å². The van der Waals surface area contributed by atoms with Crippen LogP contribution in [0.1, 0.15) is 45.1 Å².